The first-order chi connectivity index (χ1) is 13.7. The van der Waals surface area contributed by atoms with Crippen LogP contribution in [0.5, 0.6) is 0 Å². The first kappa shape index (κ1) is 17.5. The van der Waals surface area contributed by atoms with Gasteiger partial charge >= 0.3 is 0 Å². The number of benzene rings is 1. The van der Waals surface area contributed by atoms with Crippen molar-refractivity contribution >= 4 is 44.0 Å². The lowest BCUT2D eigenvalue weighted by Gasteiger charge is -2.35. The van der Waals surface area contributed by atoms with Crippen molar-refractivity contribution in [2.45, 2.75) is 24.9 Å². The minimum absolute atomic E-state index is 0.254. The smallest absolute Gasteiger partial charge is 0.142 e. The highest BCUT2D eigenvalue weighted by molar-refractivity contribution is 7.19. The molecule has 1 aliphatic rings. The molecule has 1 aromatic carbocycles. The average Bonchev–Trinajstić information content (AvgIpc) is 3.31. The van der Waals surface area contributed by atoms with Gasteiger partial charge in [-0.2, -0.15) is 5.10 Å². The van der Waals surface area contributed by atoms with Crippen LogP contribution in [0.1, 0.15) is 16.9 Å². The van der Waals surface area contributed by atoms with Gasteiger partial charge in [0.15, 0.2) is 0 Å². The van der Waals surface area contributed by atoms with E-state index in [-0.39, 0.29) is 5.60 Å². The van der Waals surface area contributed by atoms with E-state index in [1.165, 1.54) is 10.4 Å². The van der Waals surface area contributed by atoms with Crippen LogP contribution in [0.15, 0.2) is 30.7 Å². The largest absolute Gasteiger partial charge is 0.382 e. The standard InChI is InChI=1S/C20H21N5O2S/c1-26-10-20(27-2)6-5-14-16(8-20)28-19-17(14)18(21-11-22-19)24-13-3-4-15-12(7-13)9-23-25-15/h3-4,7,9,11H,5-6,8,10H2,1-2H3,(H,23,25)(H,21,22,24)/t20-/m1/s1. The first-order valence-electron chi connectivity index (χ1n) is 9.21. The van der Waals surface area contributed by atoms with Gasteiger partial charge in [0.05, 0.1) is 29.3 Å². The predicted molar refractivity (Wildman–Crippen MR) is 110 cm³/mol. The number of aryl methyl sites for hydroxylation is 1. The van der Waals surface area contributed by atoms with Gasteiger partial charge in [0.25, 0.3) is 0 Å². The summed E-state index contributed by atoms with van der Waals surface area (Å²) < 4.78 is 11.3. The summed E-state index contributed by atoms with van der Waals surface area (Å²) in [5.41, 5.74) is 3.07. The number of H-pyrrole nitrogens is 1. The number of aromatic nitrogens is 4. The van der Waals surface area contributed by atoms with E-state index in [4.69, 9.17) is 9.47 Å². The Morgan fingerprint density at radius 3 is 3.07 bits per heavy atom. The van der Waals surface area contributed by atoms with Gasteiger partial charge < -0.3 is 14.8 Å². The maximum absolute atomic E-state index is 5.85. The van der Waals surface area contributed by atoms with E-state index in [1.807, 2.05) is 18.3 Å². The summed E-state index contributed by atoms with van der Waals surface area (Å²) in [6, 6.07) is 6.12. The zero-order chi connectivity index (χ0) is 19.1. The van der Waals surface area contributed by atoms with E-state index < -0.39 is 0 Å². The molecule has 4 aromatic rings. The van der Waals surface area contributed by atoms with E-state index in [0.29, 0.717) is 6.61 Å². The molecule has 0 saturated heterocycles. The van der Waals surface area contributed by atoms with Crippen LogP contribution in [0, 0.1) is 0 Å². The fourth-order valence-electron chi connectivity index (χ4n) is 4.05. The Morgan fingerprint density at radius 1 is 1.29 bits per heavy atom. The van der Waals surface area contributed by atoms with Crippen LogP contribution >= 0.6 is 11.3 Å². The number of fused-ring (bicyclic) bond motifs is 4. The third-order valence-electron chi connectivity index (χ3n) is 5.53. The second kappa shape index (κ2) is 6.80. The summed E-state index contributed by atoms with van der Waals surface area (Å²) in [6.45, 7) is 0.596. The fourth-order valence-corrected chi connectivity index (χ4v) is 5.37. The number of ether oxygens (including phenoxy) is 2. The van der Waals surface area contributed by atoms with Crippen LogP contribution < -0.4 is 5.32 Å². The molecule has 7 nitrogen and oxygen atoms in total. The second-order valence-corrected chi connectivity index (χ2v) is 8.28. The fraction of sp³-hybridized carbons (Fsp3) is 0.350. The molecule has 0 aliphatic heterocycles. The highest BCUT2D eigenvalue weighted by Crippen LogP contribution is 2.42. The van der Waals surface area contributed by atoms with Crippen molar-refractivity contribution in [1.29, 1.82) is 0 Å². The number of nitrogens with zero attached hydrogens (tertiary/aromatic N) is 3. The SMILES string of the molecule is COC[C@@]1(OC)CCc2c(sc3ncnc(Nc4ccc5[nH]ncc5c4)c23)C1. The molecule has 3 aromatic heterocycles. The molecule has 0 bridgehead atoms. The number of rotatable bonds is 5. The molecule has 144 valence electrons. The molecule has 0 spiro atoms. The maximum Gasteiger partial charge on any atom is 0.142 e. The normalized spacial score (nSPS) is 19.2. The Bertz CT molecular complexity index is 1150. The lowest BCUT2D eigenvalue weighted by Crippen LogP contribution is -2.41. The highest BCUT2D eigenvalue weighted by atomic mass is 32.1. The van der Waals surface area contributed by atoms with Crippen LogP contribution in [-0.2, 0) is 22.3 Å². The van der Waals surface area contributed by atoms with Gasteiger partial charge in [-0.3, -0.25) is 5.10 Å². The van der Waals surface area contributed by atoms with Crippen LogP contribution in [0.4, 0.5) is 11.5 Å². The number of anilines is 2. The average molecular weight is 395 g/mol. The van der Waals surface area contributed by atoms with E-state index in [0.717, 1.165) is 51.9 Å². The molecule has 5 rings (SSSR count). The van der Waals surface area contributed by atoms with Crippen molar-refractivity contribution in [3.8, 4) is 0 Å². The first-order valence-corrected chi connectivity index (χ1v) is 10.0. The number of hydrogen-bond acceptors (Lipinski definition) is 7. The molecule has 0 unspecified atom stereocenters. The van der Waals surface area contributed by atoms with Crippen molar-refractivity contribution in [3.05, 3.63) is 41.2 Å². The number of nitrogens with one attached hydrogen (secondary N) is 2. The lowest BCUT2D eigenvalue weighted by atomic mass is 9.84. The molecule has 0 fully saturated rings. The Hall–Kier alpha value is -2.55. The van der Waals surface area contributed by atoms with Gasteiger partial charge in [0.1, 0.15) is 17.0 Å². The van der Waals surface area contributed by atoms with Crippen LogP contribution in [0.25, 0.3) is 21.1 Å². The molecule has 8 heteroatoms. The summed E-state index contributed by atoms with van der Waals surface area (Å²) in [4.78, 5) is 11.4. The summed E-state index contributed by atoms with van der Waals surface area (Å²) in [7, 11) is 3.50. The molecule has 0 radical (unpaired) electrons. The zero-order valence-corrected chi connectivity index (χ0v) is 16.6. The number of methoxy groups -OCH3 is 2. The number of aromatic amines is 1. The van der Waals surface area contributed by atoms with E-state index >= 15 is 0 Å². The summed E-state index contributed by atoms with van der Waals surface area (Å²) in [5, 5.41) is 12.7. The molecule has 1 atom stereocenters. The van der Waals surface area contributed by atoms with Gasteiger partial charge in [0.2, 0.25) is 0 Å². The Labute approximate surface area is 166 Å². The molecule has 0 amide bonds. The topological polar surface area (TPSA) is 85.0 Å². The van der Waals surface area contributed by atoms with Crippen molar-refractivity contribution < 1.29 is 9.47 Å². The van der Waals surface area contributed by atoms with Gasteiger partial charge in [-0.25, -0.2) is 9.97 Å². The minimum Gasteiger partial charge on any atom is -0.382 e. The van der Waals surface area contributed by atoms with Crippen molar-refractivity contribution in [1.82, 2.24) is 20.2 Å². The maximum atomic E-state index is 5.85. The van der Waals surface area contributed by atoms with Crippen molar-refractivity contribution in [2.24, 2.45) is 0 Å². The molecule has 1 aliphatic carbocycles. The molecular formula is C20H21N5O2S. The Kier molecular flexibility index (Phi) is 4.26. The summed E-state index contributed by atoms with van der Waals surface area (Å²) in [5.74, 6) is 0.849. The minimum atomic E-state index is -0.254. The molecular weight excluding hydrogens is 374 g/mol. The van der Waals surface area contributed by atoms with Gasteiger partial charge in [0, 0.05) is 36.6 Å². The number of thiophene rings is 1. The quantitative estimate of drug-likeness (QED) is 0.534. The van der Waals surface area contributed by atoms with E-state index in [2.05, 4.69) is 31.5 Å². The summed E-state index contributed by atoms with van der Waals surface area (Å²) in [6.07, 6.45) is 6.14. The highest BCUT2D eigenvalue weighted by Gasteiger charge is 2.37. The third-order valence-corrected chi connectivity index (χ3v) is 6.67. The molecule has 28 heavy (non-hydrogen) atoms. The van der Waals surface area contributed by atoms with Crippen molar-refractivity contribution in [2.75, 3.05) is 26.1 Å². The van der Waals surface area contributed by atoms with E-state index in [1.54, 1.807) is 31.9 Å². The summed E-state index contributed by atoms with van der Waals surface area (Å²) >= 11 is 1.73. The third kappa shape index (κ3) is 2.85. The zero-order valence-electron chi connectivity index (χ0n) is 15.8. The van der Waals surface area contributed by atoms with Crippen molar-refractivity contribution in [3.63, 3.8) is 0 Å². The van der Waals surface area contributed by atoms with Gasteiger partial charge in [-0.05, 0) is 36.6 Å². The predicted octanol–water partition coefficient (Wildman–Crippen LogP) is 3.83. The van der Waals surface area contributed by atoms with E-state index in [9.17, 15) is 0 Å². The van der Waals surface area contributed by atoms with Crippen LogP contribution in [0.2, 0.25) is 0 Å². The number of hydrogen-bond donors (Lipinski definition) is 2. The lowest BCUT2D eigenvalue weighted by molar-refractivity contribution is -0.0714. The second-order valence-electron chi connectivity index (χ2n) is 7.20. The molecule has 2 N–H and O–H groups in total. The van der Waals surface area contributed by atoms with Crippen LogP contribution in [0.3, 0.4) is 0 Å². The molecule has 0 saturated carbocycles. The van der Waals surface area contributed by atoms with Gasteiger partial charge in [-0.1, -0.05) is 0 Å². The Balaban J connectivity index is 1.54. The Morgan fingerprint density at radius 2 is 2.21 bits per heavy atom. The molecule has 3 heterocycles. The van der Waals surface area contributed by atoms with Crippen LogP contribution in [-0.4, -0.2) is 46.6 Å². The van der Waals surface area contributed by atoms with Gasteiger partial charge in [-0.15, -0.1) is 11.3 Å². The monoisotopic (exact) mass is 395 g/mol.